The highest BCUT2D eigenvalue weighted by molar-refractivity contribution is 7.87. The van der Waals surface area contributed by atoms with Gasteiger partial charge in [-0.25, -0.2) is 0 Å². The van der Waals surface area contributed by atoms with E-state index in [2.05, 4.69) is 4.18 Å². The van der Waals surface area contributed by atoms with Crippen molar-refractivity contribution >= 4 is 15.8 Å². The third-order valence-corrected chi connectivity index (χ3v) is 2.78. The van der Waals surface area contributed by atoms with E-state index < -0.39 is 15.0 Å². The Bertz CT molecular complexity index is 450. The zero-order chi connectivity index (χ0) is 11.5. The minimum Gasteiger partial charge on any atom is -0.382 e. The molecule has 7 heteroatoms. The third-order valence-electron chi connectivity index (χ3n) is 1.62. The topological polar surface area (TPSA) is 86.5 Å². The van der Waals surface area contributed by atoms with Crippen molar-refractivity contribution < 1.29 is 17.5 Å². The summed E-state index contributed by atoms with van der Waals surface area (Å²) >= 11 is 0. The van der Waals surface area contributed by atoms with Gasteiger partial charge in [0.25, 0.3) is 5.69 Å². The lowest BCUT2D eigenvalue weighted by Gasteiger charge is -2.03. The molecule has 82 valence electrons. The van der Waals surface area contributed by atoms with Gasteiger partial charge in [-0.15, -0.1) is 0 Å². The summed E-state index contributed by atoms with van der Waals surface area (Å²) in [6, 6.07) is 4.84. The van der Waals surface area contributed by atoms with Gasteiger partial charge in [0.15, 0.2) is 0 Å². The lowest BCUT2D eigenvalue weighted by molar-refractivity contribution is -0.384. The van der Waals surface area contributed by atoms with E-state index in [1.807, 2.05) is 0 Å². The smallest absolute Gasteiger partial charge is 0.308 e. The van der Waals surface area contributed by atoms with Crippen LogP contribution in [-0.4, -0.2) is 19.1 Å². The number of nitrogens with zero attached hydrogens (tertiary/aromatic N) is 1. The molecule has 1 aromatic rings. The first-order chi connectivity index (χ1) is 6.94. The Morgan fingerprint density at radius 3 is 2.27 bits per heavy atom. The quantitative estimate of drug-likeness (QED) is 0.443. The molecular weight excluding hydrogens is 222 g/mol. The van der Waals surface area contributed by atoms with Crippen molar-refractivity contribution in [1.29, 1.82) is 0 Å². The highest BCUT2D eigenvalue weighted by Crippen LogP contribution is 2.18. The van der Waals surface area contributed by atoms with Gasteiger partial charge in [0, 0.05) is 12.1 Å². The second-order valence-corrected chi connectivity index (χ2v) is 4.54. The summed E-state index contributed by atoms with van der Waals surface area (Å²) in [5, 5.41) is 10.3. The molecule has 0 fully saturated rings. The Morgan fingerprint density at radius 2 is 1.87 bits per heavy atom. The van der Waals surface area contributed by atoms with E-state index >= 15 is 0 Å². The van der Waals surface area contributed by atoms with Gasteiger partial charge in [0.1, 0.15) is 5.75 Å². The second kappa shape index (κ2) is 4.26. The number of hydrogen-bond acceptors (Lipinski definition) is 5. The summed E-state index contributed by atoms with van der Waals surface area (Å²) in [5.74, 6) is -0.0771. The van der Waals surface area contributed by atoms with Gasteiger partial charge in [0.05, 0.1) is 10.7 Å². The van der Waals surface area contributed by atoms with Crippen LogP contribution in [0.25, 0.3) is 0 Å². The van der Waals surface area contributed by atoms with Gasteiger partial charge in [0.2, 0.25) is 0 Å². The monoisotopic (exact) mass is 231 g/mol. The lowest BCUT2D eigenvalue weighted by Crippen LogP contribution is -2.11. The largest absolute Gasteiger partial charge is 0.382 e. The van der Waals surface area contributed by atoms with Gasteiger partial charge in [-0.3, -0.25) is 10.1 Å². The predicted molar refractivity (Wildman–Crippen MR) is 53.2 cm³/mol. The Morgan fingerprint density at radius 1 is 1.33 bits per heavy atom. The number of benzene rings is 1. The van der Waals surface area contributed by atoms with Crippen molar-refractivity contribution in [3.05, 3.63) is 34.4 Å². The first-order valence-corrected chi connectivity index (χ1v) is 5.69. The summed E-state index contributed by atoms with van der Waals surface area (Å²) < 4.78 is 26.7. The van der Waals surface area contributed by atoms with Crippen molar-refractivity contribution in [3.8, 4) is 5.75 Å². The maximum absolute atomic E-state index is 11.0. The van der Waals surface area contributed by atoms with Crippen LogP contribution in [0.2, 0.25) is 0 Å². The van der Waals surface area contributed by atoms with Crippen LogP contribution in [0.4, 0.5) is 5.69 Å². The lowest BCUT2D eigenvalue weighted by atomic mass is 10.3. The third kappa shape index (κ3) is 3.21. The molecule has 0 aromatic heterocycles. The molecular formula is C8H9NO5S. The average Bonchev–Trinajstić information content (AvgIpc) is 2.18. The molecule has 15 heavy (non-hydrogen) atoms. The molecule has 0 heterocycles. The normalized spacial score (nSPS) is 11.0. The van der Waals surface area contributed by atoms with E-state index in [0.29, 0.717) is 0 Å². The van der Waals surface area contributed by atoms with Crippen molar-refractivity contribution in [2.45, 2.75) is 6.92 Å². The van der Waals surface area contributed by atoms with Crippen molar-refractivity contribution in [1.82, 2.24) is 0 Å². The number of nitro benzene ring substituents is 1. The maximum atomic E-state index is 11.0. The van der Waals surface area contributed by atoms with Gasteiger partial charge >= 0.3 is 10.1 Å². The molecule has 0 saturated heterocycles. The number of hydrogen-bond donors (Lipinski definition) is 0. The number of rotatable bonds is 4. The van der Waals surface area contributed by atoms with Gasteiger partial charge in [-0.1, -0.05) is 0 Å². The van der Waals surface area contributed by atoms with Gasteiger partial charge < -0.3 is 4.18 Å². The Hall–Kier alpha value is -1.63. The molecule has 0 aliphatic rings. The predicted octanol–water partition coefficient (Wildman–Crippen LogP) is 1.32. The first-order valence-electron chi connectivity index (χ1n) is 4.11. The highest BCUT2D eigenvalue weighted by atomic mass is 32.2. The minimum absolute atomic E-state index is 0.0717. The molecule has 0 bridgehead atoms. The zero-order valence-corrected chi connectivity index (χ0v) is 8.73. The van der Waals surface area contributed by atoms with Crippen LogP contribution >= 0.6 is 0 Å². The molecule has 0 amide bonds. The molecule has 0 atom stereocenters. The van der Waals surface area contributed by atoms with Crippen LogP contribution in [0.5, 0.6) is 5.75 Å². The van der Waals surface area contributed by atoms with E-state index in [-0.39, 0.29) is 17.2 Å². The Balaban J connectivity index is 2.86. The molecule has 0 unspecified atom stereocenters. The molecule has 1 aromatic carbocycles. The van der Waals surface area contributed by atoms with Crippen molar-refractivity contribution in [2.75, 3.05) is 5.75 Å². The number of nitro groups is 1. The number of non-ortho nitro benzene ring substituents is 1. The van der Waals surface area contributed by atoms with E-state index in [0.717, 1.165) is 0 Å². The second-order valence-electron chi connectivity index (χ2n) is 2.68. The summed E-state index contributed by atoms with van der Waals surface area (Å²) in [7, 11) is -3.58. The Labute approximate surface area is 86.8 Å². The molecule has 0 spiro atoms. The molecule has 0 aliphatic heterocycles. The van der Waals surface area contributed by atoms with E-state index in [1.54, 1.807) is 0 Å². The molecule has 1 rings (SSSR count). The van der Waals surface area contributed by atoms with Crippen LogP contribution in [0.15, 0.2) is 24.3 Å². The van der Waals surface area contributed by atoms with E-state index in [1.165, 1.54) is 31.2 Å². The maximum Gasteiger partial charge on any atom is 0.308 e. The van der Waals surface area contributed by atoms with Crippen molar-refractivity contribution in [2.24, 2.45) is 0 Å². The highest BCUT2D eigenvalue weighted by Gasteiger charge is 2.10. The standard InChI is InChI=1S/C8H9NO5S/c1-2-15(12,13)14-8-5-3-7(4-6-8)9(10)11/h3-6H,2H2,1H3. The van der Waals surface area contributed by atoms with Crippen molar-refractivity contribution in [3.63, 3.8) is 0 Å². The summed E-state index contributed by atoms with van der Waals surface area (Å²) in [4.78, 5) is 9.73. The molecule has 0 saturated carbocycles. The zero-order valence-electron chi connectivity index (χ0n) is 7.91. The molecule has 0 N–H and O–H groups in total. The van der Waals surface area contributed by atoms with Crippen LogP contribution < -0.4 is 4.18 Å². The summed E-state index contributed by atoms with van der Waals surface area (Å²) in [6.07, 6.45) is 0. The fraction of sp³-hybridized carbons (Fsp3) is 0.250. The van der Waals surface area contributed by atoms with E-state index in [9.17, 15) is 18.5 Å². The molecule has 0 radical (unpaired) electrons. The molecule has 0 aliphatic carbocycles. The van der Waals surface area contributed by atoms with Crippen LogP contribution in [0.3, 0.4) is 0 Å². The first kappa shape index (κ1) is 11.4. The summed E-state index contributed by atoms with van der Waals surface area (Å²) in [6.45, 7) is 1.45. The van der Waals surface area contributed by atoms with Gasteiger partial charge in [-0.2, -0.15) is 8.42 Å². The van der Waals surface area contributed by atoms with E-state index in [4.69, 9.17) is 0 Å². The fourth-order valence-corrected chi connectivity index (χ4v) is 1.35. The fourth-order valence-electron chi connectivity index (χ4n) is 0.829. The van der Waals surface area contributed by atoms with Crippen LogP contribution in [0.1, 0.15) is 6.92 Å². The SMILES string of the molecule is CCS(=O)(=O)Oc1ccc([N+](=O)[O-])cc1. The van der Waals surface area contributed by atoms with Crippen LogP contribution in [0, 0.1) is 10.1 Å². The average molecular weight is 231 g/mol. The summed E-state index contributed by atoms with van der Waals surface area (Å²) in [5.41, 5.74) is -0.115. The Kier molecular flexibility index (Phi) is 3.25. The van der Waals surface area contributed by atoms with Crippen LogP contribution in [-0.2, 0) is 10.1 Å². The molecule has 6 nitrogen and oxygen atoms in total. The van der Waals surface area contributed by atoms with Gasteiger partial charge in [-0.05, 0) is 19.1 Å². The minimum atomic E-state index is -3.58.